The Balaban J connectivity index is 1.42. The van der Waals surface area contributed by atoms with E-state index in [4.69, 9.17) is 4.74 Å². The lowest BCUT2D eigenvalue weighted by Gasteiger charge is -2.39. The van der Waals surface area contributed by atoms with Crippen LogP contribution in [0.4, 0.5) is 0 Å². The van der Waals surface area contributed by atoms with E-state index in [0.29, 0.717) is 17.9 Å². The zero-order chi connectivity index (χ0) is 21.7. The van der Waals surface area contributed by atoms with Gasteiger partial charge in [0, 0.05) is 9.89 Å². The molecule has 0 fully saturated rings. The van der Waals surface area contributed by atoms with Crippen LogP contribution in [0.5, 0.6) is 5.75 Å². The third-order valence-electron chi connectivity index (χ3n) is 6.76. The van der Waals surface area contributed by atoms with Crippen LogP contribution in [-0.2, 0) is 24.9 Å². The molecule has 0 N–H and O–H groups in total. The third kappa shape index (κ3) is 3.11. The van der Waals surface area contributed by atoms with Gasteiger partial charge in [0.2, 0.25) is 0 Å². The zero-order valence-electron chi connectivity index (χ0n) is 17.5. The van der Waals surface area contributed by atoms with Gasteiger partial charge >= 0.3 is 0 Å². The minimum atomic E-state index is -0.233. The molecule has 0 saturated carbocycles. The molecule has 0 heterocycles. The Morgan fingerprint density at radius 1 is 0.844 bits per heavy atom. The normalized spacial score (nSPS) is 15.7. The van der Waals surface area contributed by atoms with Crippen molar-refractivity contribution in [2.75, 3.05) is 0 Å². The fraction of sp³-hybridized carbons (Fsp3) is 0.138. The number of carbonyl (C=O) groups is 1. The van der Waals surface area contributed by atoms with E-state index in [2.05, 4.69) is 64.5 Å². The molecule has 0 bridgehead atoms. The van der Waals surface area contributed by atoms with E-state index in [-0.39, 0.29) is 11.2 Å². The summed E-state index contributed by atoms with van der Waals surface area (Å²) in [6.45, 7) is 0.426. The number of ether oxygens (including phenoxy) is 1. The number of halogens is 1. The number of allylic oxidation sites excluding steroid dienone is 2. The summed E-state index contributed by atoms with van der Waals surface area (Å²) in [6.07, 6.45) is 5.65. The van der Waals surface area contributed by atoms with E-state index in [1.54, 1.807) is 6.08 Å². The molecule has 2 aliphatic rings. The standard InChI is InChI=1S/C29H21BrO2/c30-23-12-10-19(11-13-23)18-32-26-9-3-8-24-28(26)25(31)14-15-29(24)16-21-6-1-4-20-5-2-7-22(17-29)27(20)21/h1-15H,16-18H2. The van der Waals surface area contributed by atoms with E-state index >= 15 is 0 Å². The quantitative estimate of drug-likeness (QED) is 0.316. The molecule has 0 amide bonds. The Bertz CT molecular complexity index is 1360. The van der Waals surface area contributed by atoms with E-state index in [1.165, 1.54) is 21.9 Å². The first-order chi connectivity index (χ1) is 15.6. The molecule has 0 aliphatic heterocycles. The number of carbonyl (C=O) groups excluding carboxylic acids is 1. The van der Waals surface area contributed by atoms with Gasteiger partial charge in [0.05, 0.1) is 5.56 Å². The van der Waals surface area contributed by atoms with E-state index < -0.39 is 0 Å². The maximum absolute atomic E-state index is 13.1. The molecule has 0 unspecified atom stereocenters. The van der Waals surface area contributed by atoms with Crippen LogP contribution in [-0.4, -0.2) is 5.78 Å². The van der Waals surface area contributed by atoms with Crippen LogP contribution >= 0.6 is 15.9 Å². The largest absolute Gasteiger partial charge is 0.488 e. The maximum atomic E-state index is 13.1. The summed E-state index contributed by atoms with van der Waals surface area (Å²) in [4.78, 5) is 13.1. The SMILES string of the molecule is O=C1C=CC2(Cc3cccc4cccc(c34)C2)c2cccc(OCc3ccc(Br)cc3)c21. The Morgan fingerprint density at radius 3 is 2.25 bits per heavy atom. The average Bonchev–Trinajstić information content (AvgIpc) is 2.82. The number of rotatable bonds is 3. The smallest absolute Gasteiger partial charge is 0.189 e. The van der Waals surface area contributed by atoms with Crippen LogP contribution in [0.25, 0.3) is 10.8 Å². The van der Waals surface area contributed by atoms with Gasteiger partial charge in [0.25, 0.3) is 0 Å². The van der Waals surface area contributed by atoms with Gasteiger partial charge in [-0.3, -0.25) is 4.79 Å². The van der Waals surface area contributed by atoms with Gasteiger partial charge in [0.15, 0.2) is 5.78 Å². The summed E-state index contributed by atoms with van der Waals surface area (Å²) < 4.78 is 7.23. The van der Waals surface area contributed by atoms with Gasteiger partial charge in [-0.1, -0.05) is 82.7 Å². The second kappa shape index (κ2) is 7.46. The van der Waals surface area contributed by atoms with Gasteiger partial charge in [-0.25, -0.2) is 0 Å². The predicted octanol–water partition coefficient (Wildman–Crippen LogP) is 6.97. The maximum Gasteiger partial charge on any atom is 0.189 e. The summed E-state index contributed by atoms with van der Waals surface area (Å²) in [6, 6.07) is 27.2. The van der Waals surface area contributed by atoms with Crippen LogP contribution in [0, 0.1) is 0 Å². The molecular weight excluding hydrogens is 460 g/mol. The minimum Gasteiger partial charge on any atom is -0.488 e. The first kappa shape index (κ1) is 19.5. The summed E-state index contributed by atoms with van der Waals surface area (Å²) in [5.41, 5.74) is 5.30. The van der Waals surface area contributed by atoms with Gasteiger partial charge in [-0.15, -0.1) is 0 Å². The summed E-state index contributed by atoms with van der Waals surface area (Å²) in [7, 11) is 0. The van der Waals surface area contributed by atoms with Crippen molar-refractivity contribution in [2.45, 2.75) is 24.9 Å². The molecule has 2 nitrogen and oxygen atoms in total. The fourth-order valence-corrected chi connectivity index (χ4v) is 5.58. The van der Waals surface area contributed by atoms with Gasteiger partial charge < -0.3 is 4.74 Å². The van der Waals surface area contributed by atoms with Gasteiger partial charge in [-0.2, -0.15) is 0 Å². The molecule has 0 atom stereocenters. The average molecular weight is 481 g/mol. The number of benzene rings is 4. The molecule has 2 aliphatic carbocycles. The second-order valence-corrected chi connectivity index (χ2v) is 9.65. The van der Waals surface area contributed by atoms with E-state index in [9.17, 15) is 4.79 Å². The highest BCUT2D eigenvalue weighted by Gasteiger charge is 2.40. The molecule has 32 heavy (non-hydrogen) atoms. The molecule has 4 aromatic rings. The van der Waals surface area contributed by atoms with Crippen LogP contribution in [0.2, 0.25) is 0 Å². The van der Waals surface area contributed by atoms with Gasteiger partial charge in [-0.05, 0) is 70.1 Å². The Labute approximate surface area is 195 Å². The molecule has 156 valence electrons. The lowest BCUT2D eigenvalue weighted by molar-refractivity contribution is 0.103. The Hall–Kier alpha value is -3.17. The minimum absolute atomic E-state index is 0.0223. The molecule has 4 aromatic carbocycles. The lowest BCUT2D eigenvalue weighted by atomic mass is 9.63. The molecule has 6 rings (SSSR count). The van der Waals surface area contributed by atoms with Crippen LogP contribution in [0.15, 0.2) is 95.5 Å². The fourth-order valence-electron chi connectivity index (χ4n) is 5.32. The van der Waals surface area contributed by atoms with Crippen molar-refractivity contribution >= 4 is 32.5 Å². The van der Waals surface area contributed by atoms with Crippen LogP contribution in [0.1, 0.15) is 32.6 Å². The summed E-state index contributed by atoms with van der Waals surface area (Å²) >= 11 is 3.47. The van der Waals surface area contributed by atoms with Crippen molar-refractivity contribution in [3.63, 3.8) is 0 Å². The lowest BCUT2D eigenvalue weighted by Crippen LogP contribution is -2.36. The molecule has 3 heteroatoms. The Kier molecular flexibility index (Phi) is 4.55. The molecule has 0 radical (unpaired) electrons. The van der Waals surface area contributed by atoms with E-state index in [1.807, 2.05) is 36.4 Å². The number of fused-ring (bicyclic) bond motifs is 2. The monoisotopic (exact) mass is 480 g/mol. The summed E-state index contributed by atoms with van der Waals surface area (Å²) in [5, 5.41) is 2.66. The molecular formula is C29H21BrO2. The molecule has 0 saturated heterocycles. The highest BCUT2D eigenvalue weighted by molar-refractivity contribution is 9.10. The highest BCUT2D eigenvalue weighted by atomic mass is 79.9. The van der Waals surface area contributed by atoms with Crippen molar-refractivity contribution in [1.29, 1.82) is 0 Å². The van der Waals surface area contributed by atoms with Crippen LogP contribution < -0.4 is 4.74 Å². The van der Waals surface area contributed by atoms with Crippen molar-refractivity contribution in [1.82, 2.24) is 0 Å². The van der Waals surface area contributed by atoms with Crippen molar-refractivity contribution < 1.29 is 9.53 Å². The molecule has 1 spiro atoms. The summed E-state index contributed by atoms with van der Waals surface area (Å²) in [5.74, 6) is 0.685. The Morgan fingerprint density at radius 2 is 1.53 bits per heavy atom. The van der Waals surface area contributed by atoms with Crippen molar-refractivity contribution in [3.8, 4) is 5.75 Å². The first-order valence-electron chi connectivity index (χ1n) is 10.9. The third-order valence-corrected chi connectivity index (χ3v) is 7.29. The van der Waals surface area contributed by atoms with Crippen molar-refractivity contribution in [2.24, 2.45) is 0 Å². The van der Waals surface area contributed by atoms with Crippen molar-refractivity contribution in [3.05, 3.63) is 123 Å². The van der Waals surface area contributed by atoms with Gasteiger partial charge in [0.1, 0.15) is 12.4 Å². The number of ketones is 1. The topological polar surface area (TPSA) is 26.3 Å². The second-order valence-electron chi connectivity index (χ2n) is 8.73. The first-order valence-corrected chi connectivity index (χ1v) is 11.7. The zero-order valence-corrected chi connectivity index (χ0v) is 19.1. The predicted molar refractivity (Wildman–Crippen MR) is 131 cm³/mol. The molecule has 0 aromatic heterocycles. The number of hydrogen-bond donors (Lipinski definition) is 0. The van der Waals surface area contributed by atoms with E-state index in [0.717, 1.165) is 28.4 Å². The van der Waals surface area contributed by atoms with Crippen LogP contribution in [0.3, 0.4) is 0 Å². The highest BCUT2D eigenvalue weighted by Crippen LogP contribution is 2.46. The number of hydrogen-bond acceptors (Lipinski definition) is 2.